The molecular weight excluding hydrogens is 182 g/mol. The first-order valence-corrected chi connectivity index (χ1v) is 4.39. The highest BCUT2D eigenvalue weighted by molar-refractivity contribution is 5.82. The first-order chi connectivity index (χ1) is 6.45. The van der Waals surface area contributed by atoms with Crippen molar-refractivity contribution in [1.82, 2.24) is 0 Å². The van der Waals surface area contributed by atoms with Gasteiger partial charge in [0.15, 0.2) is 5.88 Å². The molecule has 0 bridgehead atoms. The van der Waals surface area contributed by atoms with Crippen molar-refractivity contribution in [1.29, 1.82) is 0 Å². The van der Waals surface area contributed by atoms with Crippen molar-refractivity contribution in [2.75, 3.05) is 12.4 Å². The molecular formula is C10H15NO3. The molecule has 0 aliphatic rings. The number of rotatable bonds is 3. The Morgan fingerprint density at radius 1 is 1.50 bits per heavy atom. The summed E-state index contributed by atoms with van der Waals surface area (Å²) in [5, 5.41) is 2.95. The van der Waals surface area contributed by atoms with Crippen LogP contribution in [0.1, 0.15) is 19.6 Å². The van der Waals surface area contributed by atoms with E-state index in [9.17, 15) is 4.79 Å². The molecule has 0 aromatic carbocycles. The van der Waals surface area contributed by atoms with Gasteiger partial charge in [0.1, 0.15) is 11.3 Å². The van der Waals surface area contributed by atoms with Gasteiger partial charge in [0, 0.05) is 6.07 Å². The van der Waals surface area contributed by atoms with Crippen LogP contribution in [-0.2, 0) is 9.53 Å². The Kier molecular flexibility index (Phi) is 2.84. The van der Waals surface area contributed by atoms with Crippen LogP contribution in [0.3, 0.4) is 0 Å². The number of hydrogen-bond acceptors (Lipinski definition) is 4. The van der Waals surface area contributed by atoms with Gasteiger partial charge in [-0.3, -0.25) is 0 Å². The smallest absolute Gasteiger partial charge is 0.330 e. The molecule has 4 nitrogen and oxygen atoms in total. The van der Waals surface area contributed by atoms with Gasteiger partial charge in [-0.15, -0.1) is 0 Å². The van der Waals surface area contributed by atoms with Gasteiger partial charge in [-0.05, 0) is 26.8 Å². The molecule has 1 N–H and O–H groups in total. The van der Waals surface area contributed by atoms with E-state index in [-0.39, 0.29) is 5.97 Å². The normalized spacial score (nSPS) is 11.1. The van der Waals surface area contributed by atoms with Gasteiger partial charge >= 0.3 is 5.97 Å². The van der Waals surface area contributed by atoms with E-state index >= 15 is 0 Å². The van der Waals surface area contributed by atoms with Crippen LogP contribution in [0.2, 0.25) is 0 Å². The molecule has 0 unspecified atom stereocenters. The molecule has 0 amide bonds. The lowest BCUT2D eigenvalue weighted by molar-refractivity contribution is -0.144. The predicted octanol–water partition coefficient (Wildman–Crippen LogP) is 1.95. The van der Waals surface area contributed by atoms with Crippen LogP contribution in [0.25, 0.3) is 0 Å². The first kappa shape index (κ1) is 10.6. The van der Waals surface area contributed by atoms with Crippen molar-refractivity contribution in [3.8, 4) is 0 Å². The molecule has 0 radical (unpaired) electrons. The van der Waals surface area contributed by atoms with Crippen molar-refractivity contribution < 1.29 is 13.9 Å². The summed E-state index contributed by atoms with van der Waals surface area (Å²) >= 11 is 0. The van der Waals surface area contributed by atoms with Crippen LogP contribution in [0, 0.1) is 6.92 Å². The minimum atomic E-state index is -0.779. The zero-order valence-electron chi connectivity index (χ0n) is 8.88. The maximum Gasteiger partial charge on any atom is 0.330 e. The zero-order valence-corrected chi connectivity index (χ0v) is 8.88. The van der Waals surface area contributed by atoms with Crippen molar-refractivity contribution in [3.63, 3.8) is 0 Å². The highest BCUT2D eigenvalue weighted by atomic mass is 16.5. The molecule has 0 aliphatic heterocycles. The fourth-order valence-corrected chi connectivity index (χ4v) is 1.12. The maximum absolute atomic E-state index is 11.3. The van der Waals surface area contributed by atoms with Crippen molar-refractivity contribution in [2.24, 2.45) is 0 Å². The number of nitrogens with one attached hydrogen (secondary N) is 1. The van der Waals surface area contributed by atoms with E-state index in [2.05, 4.69) is 10.1 Å². The number of carbonyl (C=O) groups is 1. The second-order valence-corrected chi connectivity index (χ2v) is 3.65. The number of esters is 1. The average molecular weight is 197 g/mol. The second kappa shape index (κ2) is 3.74. The number of methoxy groups -OCH3 is 1. The largest absolute Gasteiger partial charge is 0.467 e. The third-order valence-corrected chi connectivity index (χ3v) is 1.87. The molecule has 4 heteroatoms. The van der Waals surface area contributed by atoms with Gasteiger partial charge in [0.2, 0.25) is 0 Å². The summed E-state index contributed by atoms with van der Waals surface area (Å²) in [6.45, 7) is 5.31. The summed E-state index contributed by atoms with van der Waals surface area (Å²) in [4.78, 5) is 11.3. The number of carbonyl (C=O) groups excluding carboxylic acids is 1. The van der Waals surface area contributed by atoms with Gasteiger partial charge in [-0.1, -0.05) is 0 Å². The van der Waals surface area contributed by atoms with E-state index in [1.54, 1.807) is 19.9 Å². The zero-order chi connectivity index (χ0) is 10.8. The van der Waals surface area contributed by atoms with E-state index in [0.717, 1.165) is 5.76 Å². The van der Waals surface area contributed by atoms with Crippen LogP contribution in [0.5, 0.6) is 0 Å². The average Bonchev–Trinajstić information content (AvgIpc) is 2.48. The Balaban J connectivity index is 2.72. The summed E-state index contributed by atoms with van der Waals surface area (Å²) in [6, 6.07) is 3.61. The molecule has 0 saturated carbocycles. The number of hydrogen-bond donors (Lipinski definition) is 1. The van der Waals surface area contributed by atoms with E-state index in [1.807, 2.05) is 13.0 Å². The molecule has 0 fully saturated rings. The summed E-state index contributed by atoms with van der Waals surface area (Å²) < 4.78 is 9.95. The van der Waals surface area contributed by atoms with Gasteiger partial charge in [-0.25, -0.2) is 4.79 Å². The van der Waals surface area contributed by atoms with Gasteiger partial charge in [0.05, 0.1) is 7.11 Å². The predicted molar refractivity (Wildman–Crippen MR) is 53.2 cm³/mol. The summed E-state index contributed by atoms with van der Waals surface area (Å²) in [7, 11) is 1.36. The van der Waals surface area contributed by atoms with Gasteiger partial charge in [-0.2, -0.15) is 0 Å². The Morgan fingerprint density at radius 3 is 2.57 bits per heavy atom. The molecule has 78 valence electrons. The maximum atomic E-state index is 11.3. The fourth-order valence-electron chi connectivity index (χ4n) is 1.12. The van der Waals surface area contributed by atoms with Crippen LogP contribution >= 0.6 is 0 Å². The Morgan fingerprint density at radius 2 is 2.14 bits per heavy atom. The lowest BCUT2D eigenvalue weighted by atomic mass is 10.1. The van der Waals surface area contributed by atoms with Crippen LogP contribution in [0.4, 0.5) is 5.88 Å². The Bertz CT molecular complexity index is 328. The molecule has 0 saturated heterocycles. The molecule has 1 aromatic rings. The third-order valence-electron chi connectivity index (χ3n) is 1.87. The third kappa shape index (κ3) is 2.28. The lowest BCUT2D eigenvalue weighted by Gasteiger charge is -2.22. The summed E-state index contributed by atoms with van der Waals surface area (Å²) in [6.07, 6.45) is 0. The minimum absolute atomic E-state index is 0.327. The molecule has 0 aliphatic carbocycles. The van der Waals surface area contributed by atoms with E-state index < -0.39 is 5.54 Å². The van der Waals surface area contributed by atoms with Gasteiger partial charge in [0.25, 0.3) is 0 Å². The molecule has 0 spiro atoms. The molecule has 1 heterocycles. The van der Waals surface area contributed by atoms with E-state index in [1.165, 1.54) is 7.11 Å². The lowest BCUT2D eigenvalue weighted by Crippen LogP contribution is -2.40. The van der Waals surface area contributed by atoms with Crippen LogP contribution < -0.4 is 5.32 Å². The quantitative estimate of drug-likeness (QED) is 0.752. The van der Waals surface area contributed by atoms with Gasteiger partial charge < -0.3 is 14.5 Å². The Labute approximate surface area is 83.2 Å². The number of ether oxygens (including phenoxy) is 1. The van der Waals surface area contributed by atoms with E-state index in [4.69, 9.17) is 4.42 Å². The molecule has 0 atom stereocenters. The number of aryl methyl sites for hydroxylation is 1. The number of anilines is 1. The Hall–Kier alpha value is -1.45. The van der Waals surface area contributed by atoms with Crippen LogP contribution in [0.15, 0.2) is 16.5 Å². The molecule has 1 aromatic heterocycles. The second-order valence-electron chi connectivity index (χ2n) is 3.65. The standard InChI is InChI=1S/C10H15NO3/c1-7-5-6-8(14-7)11-10(2,3)9(12)13-4/h5-6,11H,1-4H3. The highest BCUT2D eigenvalue weighted by Gasteiger charge is 2.29. The topological polar surface area (TPSA) is 51.5 Å². The SMILES string of the molecule is COC(=O)C(C)(C)Nc1ccc(C)o1. The molecule has 14 heavy (non-hydrogen) atoms. The van der Waals surface area contributed by atoms with Crippen molar-refractivity contribution >= 4 is 11.9 Å². The highest BCUT2D eigenvalue weighted by Crippen LogP contribution is 2.18. The van der Waals surface area contributed by atoms with Crippen LogP contribution in [-0.4, -0.2) is 18.6 Å². The van der Waals surface area contributed by atoms with Crippen molar-refractivity contribution in [2.45, 2.75) is 26.3 Å². The van der Waals surface area contributed by atoms with Crippen molar-refractivity contribution in [3.05, 3.63) is 17.9 Å². The van der Waals surface area contributed by atoms with E-state index in [0.29, 0.717) is 5.88 Å². The molecule has 1 rings (SSSR count). The first-order valence-electron chi connectivity index (χ1n) is 4.39. The summed E-state index contributed by atoms with van der Waals surface area (Å²) in [5.74, 6) is 1.04. The minimum Gasteiger partial charge on any atom is -0.467 e. The number of furan rings is 1. The monoisotopic (exact) mass is 197 g/mol. The fraction of sp³-hybridized carbons (Fsp3) is 0.500. The summed E-state index contributed by atoms with van der Waals surface area (Å²) in [5.41, 5.74) is -0.779.